The summed E-state index contributed by atoms with van der Waals surface area (Å²) in [6, 6.07) is 15.5. The zero-order chi connectivity index (χ0) is 13.9. The molecular weight excluding hydrogens is 378 g/mol. The maximum atomic E-state index is 3.67. The van der Waals surface area contributed by atoms with Gasteiger partial charge >= 0.3 is 0 Å². The minimum atomic E-state index is 0.886. The first-order valence-electron chi connectivity index (χ1n) is 6.94. The van der Waals surface area contributed by atoms with Crippen LogP contribution in [0.2, 0.25) is 0 Å². The van der Waals surface area contributed by atoms with E-state index in [1.54, 1.807) is 0 Å². The zero-order valence-corrected chi connectivity index (χ0v) is 14.5. The number of benzene rings is 2. The molecule has 2 aromatic rings. The smallest absolute Gasteiger partial charge is 0.0432 e. The van der Waals surface area contributed by atoms with E-state index in [4.69, 9.17) is 0 Å². The molecule has 0 aromatic heterocycles. The molecule has 3 rings (SSSR count). The van der Waals surface area contributed by atoms with Gasteiger partial charge in [-0.1, -0.05) is 62.2 Å². The quantitative estimate of drug-likeness (QED) is 0.625. The summed E-state index contributed by atoms with van der Waals surface area (Å²) in [6.45, 7) is 2.13. The van der Waals surface area contributed by atoms with Crippen LogP contribution in [-0.2, 0) is 18.3 Å². The highest BCUT2D eigenvalue weighted by atomic mass is 79.9. The third-order valence-electron chi connectivity index (χ3n) is 3.90. The fourth-order valence-corrected chi connectivity index (χ4v) is 4.13. The third kappa shape index (κ3) is 2.94. The monoisotopic (exact) mass is 393 g/mol. The lowest BCUT2D eigenvalue weighted by Gasteiger charge is -2.24. The van der Waals surface area contributed by atoms with Gasteiger partial charge in [-0.3, -0.25) is 0 Å². The van der Waals surface area contributed by atoms with Gasteiger partial charge in [-0.2, -0.15) is 0 Å². The maximum Gasteiger partial charge on any atom is 0.0432 e. The Morgan fingerprint density at radius 2 is 1.85 bits per heavy atom. The van der Waals surface area contributed by atoms with Crippen LogP contribution in [0.5, 0.6) is 0 Å². The first-order valence-corrected chi connectivity index (χ1v) is 8.85. The van der Waals surface area contributed by atoms with Gasteiger partial charge in [0.15, 0.2) is 0 Å². The van der Waals surface area contributed by atoms with E-state index in [1.807, 2.05) is 0 Å². The van der Waals surface area contributed by atoms with Crippen molar-refractivity contribution >= 4 is 37.5 Å². The summed E-state index contributed by atoms with van der Waals surface area (Å²) in [5.74, 6) is 0. The number of halogens is 2. The van der Waals surface area contributed by atoms with Crippen molar-refractivity contribution in [2.45, 2.75) is 24.7 Å². The molecule has 104 valence electrons. The molecule has 0 spiro atoms. The summed E-state index contributed by atoms with van der Waals surface area (Å²) in [7, 11) is 0. The Labute approximate surface area is 137 Å². The lowest BCUT2D eigenvalue weighted by molar-refractivity contribution is 0.765. The van der Waals surface area contributed by atoms with Gasteiger partial charge < -0.3 is 4.90 Å². The standard InChI is InChI=1S/C17H17Br2N/c18-11-14-7-8-16(10-17(14)19)20-9-3-6-13-4-1-2-5-15(13)12-20/h1-2,4-5,7-8,10H,3,6,9,11-12H2. The van der Waals surface area contributed by atoms with E-state index in [9.17, 15) is 0 Å². The van der Waals surface area contributed by atoms with E-state index in [0.29, 0.717) is 0 Å². The molecule has 0 bridgehead atoms. The molecule has 20 heavy (non-hydrogen) atoms. The largest absolute Gasteiger partial charge is 0.367 e. The number of anilines is 1. The minimum Gasteiger partial charge on any atom is -0.367 e. The van der Waals surface area contributed by atoms with E-state index in [2.05, 4.69) is 79.2 Å². The van der Waals surface area contributed by atoms with E-state index in [0.717, 1.165) is 18.4 Å². The number of hydrogen-bond acceptors (Lipinski definition) is 1. The van der Waals surface area contributed by atoms with Crippen molar-refractivity contribution in [3.63, 3.8) is 0 Å². The van der Waals surface area contributed by atoms with Gasteiger partial charge in [0.2, 0.25) is 0 Å². The highest BCUT2D eigenvalue weighted by Gasteiger charge is 2.15. The van der Waals surface area contributed by atoms with Crippen LogP contribution < -0.4 is 4.90 Å². The fraction of sp³-hybridized carbons (Fsp3) is 0.294. The Bertz CT molecular complexity index is 610. The second-order valence-corrected chi connectivity index (χ2v) is 6.62. The molecule has 0 unspecified atom stereocenters. The summed E-state index contributed by atoms with van der Waals surface area (Å²) in [5, 5.41) is 0.886. The molecule has 0 radical (unpaired) electrons. The fourth-order valence-electron chi connectivity index (χ4n) is 2.76. The Hall–Kier alpha value is -0.800. The lowest BCUT2D eigenvalue weighted by atomic mass is 10.0. The van der Waals surface area contributed by atoms with Gasteiger partial charge in [0.05, 0.1) is 0 Å². The molecule has 3 heteroatoms. The van der Waals surface area contributed by atoms with Gasteiger partial charge in [-0.15, -0.1) is 0 Å². The average molecular weight is 395 g/mol. The molecule has 0 N–H and O–H groups in total. The molecule has 0 amide bonds. The predicted molar refractivity (Wildman–Crippen MR) is 92.6 cm³/mol. The Morgan fingerprint density at radius 1 is 1.05 bits per heavy atom. The third-order valence-corrected chi connectivity index (χ3v) is 5.24. The summed E-state index contributed by atoms with van der Waals surface area (Å²) in [6.07, 6.45) is 2.40. The molecule has 1 aliphatic rings. The van der Waals surface area contributed by atoms with Crippen molar-refractivity contribution in [2.75, 3.05) is 11.4 Å². The van der Waals surface area contributed by atoms with E-state index < -0.39 is 0 Å². The number of aryl methyl sites for hydroxylation is 1. The summed E-state index contributed by atoms with van der Waals surface area (Å²) in [5.41, 5.74) is 5.57. The molecule has 0 atom stereocenters. The molecule has 1 heterocycles. The van der Waals surface area contributed by atoms with Gasteiger partial charge in [0.1, 0.15) is 0 Å². The van der Waals surface area contributed by atoms with Crippen molar-refractivity contribution in [3.8, 4) is 0 Å². The SMILES string of the molecule is BrCc1ccc(N2CCCc3ccccc3C2)cc1Br. The van der Waals surface area contributed by atoms with Crippen LogP contribution in [0.25, 0.3) is 0 Å². The second kappa shape index (κ2) is 6.31. The molecule has 0 saturated carbocycles. The maximum absolute atomic E-state index is 3.67. The predicted octanol–water partition coefficient (Wildman–Crippen LogP) is 5.30. The molecule has 0 saturated heterocycles. The van der Waals surface area contributed by atoms with Crippen LogP contribution in [0.3, 0.4) is 0 Å². The van der Waals surface area contributed by atoms with Crippen LogP contribution >= 0.6 is 31.9 Å². The normalized spacial score (nSPS) is 14.8. The van der Waals surface area contributed by atoms with Gasteiger partial charge in [-0.05, 0) is 41.7 Å². The van der Waals surface area contributed by atoms with Crippen molar-refractivity contribution < 1.29 is 0 Å². The van der Waals surface area contributed by atoms with Gasteiger partial charge in [-0.25, -0.2) is 0 Å². The van der Waals surface area contributed by atoms with E-state index in [-0.39, 0.29) is 0 Å². The lowest BCUT2D eigenvalue weighted by Crippen LogP contribution is -2.22. The molecule has 1 nitrogen and oxygen atoms in total. The molecule has 0 aliphatic carbocycles. The van der Waals surface area contributed by atoms with Gasteiger partial charge in [0.25, 0.3) is 0 Å². The van der Waals surface area contributed by atoms with Crippen LogP contribution in [0.15, 0.2) is 46.9 Å². The van der Waals surface area contributed by atoms with Crippen LogP contribution in [0, 0.1) is 0 Å². The van der Waals surface area contributed by atoms with Crippen molar-refractivity contribution in [3.05, 3.63) is 63.6 Å². The van der Waals surface area contributed by atoms with Crippen LogP contribution in [-0.4, -0.2) is 6.54 Å². The number of rotatable bonds is 2. The summed E-state index contributed by atoms with van der Waals surface area (Å²) >= 11 is 7.19. The summed E-state index contributed by atoms with van der Waals surface area (Å²) < 4.78 is 1.18. The second-order valence-electron chi connectivity index (χ2n) is 5.20. The Kier molecular flexibility index (Phi) is 4.47. The highest BCUT2D eigenvalue weighted by Crippen LogP contribution is 2.29. The van der Waals surface area contributed by atoms with Crippen molar-refractivity contribution in [2.24, 2.45) is 0 Å². The molecule has 2 aromatic carbocycles. The summed E-state index contributed by atoms with van der Waals surface area (Å²) in [4.78, 5) is 2.48. The molecule has 1 aliphatic heterocycles. The highest BCUT2D eigenvalue weighted by molar-refractivity contribution is 9.10. The van der Waals surface area contributed by atoms with Crippen LogP contribution in [0.1, 0.15) is 23.1 Å². The first-order chi connectivity index (χ1) is 9.78. The number of nitrogens with zero attached hydrogens (tertiary/aromatic N) is 1. The van der Waals surface area contributed by atoms with E-state index in [1.165, 1.54) is 39.7 Å². The topological polar surface area (TPSA) is 3.24 Å². The van der Waals surface area contributed by atoms with Crippen molar-refractivity contribution in [1.82, 2.24) is 0 Å². The number of fused-ring (bicyclic) bond motifs is 1. The number of hydrogen-bond donors (Lipinski definition) is 0. The van der Waals surface area contributed by atoms with E-state index >= 15 is 0 Å². The molecular formula is C17H17Br2N. The van der Waals surface area contributed by atoms with Crippen molar-refractivity contribution in [1.29, 1.82) is 0 Å². The number of alkyl halides is 1. The first kappa shape index (κ1) is 14.2. The Morgan fingerprint density at radius 3 is 2.60 bits per heavy atom. The minimum absolute atomic E-state index is 0.886. The molecule has 0 fully saturated rings. The van der Waals surface area contributed by atoms with Gasteiger partial charge in [0, 0.05) is 28.6 Å². The average Bonchev–Trinajstić information content (AvgIpc) is 2.69. The Balaban J connectivity index is 1.89. The zero-order valence-electron chi connectivity index (χ0n) is 11.3. The van der Waals surface area contributed by atoms with Crippen LogP contribution in [0.4, 0.5) is 5.69 Å².